The summed E-state index contributed by atoms with van der Waals surface area (Å²) in [5.74, 6) is -0.0913. The van der Waals surface area contributed by atoms with Crippen LogP contribution in [0.2, 0.25) is 0 Å². The smallest absolute Gasteiger partial charge is 0.306 e. The Labute approximate surface area is 77.5 Å². The first kappa shape index (κ1) is 8.30. The third-order valence-corrected chi connectivity index (χ3v) is 2.53. The first-order valence-corrected chi connectivity index (χ1v) is 4.48. The van der Waals surface area contributed by atoms with Crippen LogP contribution in [-0.4, -0.2) is 5.97 Å². The largest absolute Gasteiger partial charge is 0.454 e. The van der Waals surface area contributed by atoms with Crippen molar-refractivity contribution in [3.8, 4) is 0 Å². The molecule has 0 spiro atoms. The lowest BCUT2D eigenvalue weighted by Gasteiger charge is -2.22. The summed E-state index contributed by atoms with van der Waals surface area (Å²) in [4.78, 5) is 11.0. The first-order valence-electron chi connectivity index (χ1n) is 4.48. The van der Waals surface area contributed by atoms with Gasteiger partial charge >= 0.3 is 5.97 Å². The Balaban J connectivity index is 2.31. The number of hydrogen-bond acceptors (Lipinski definition) is 2. The molecule has 1 heterocycles. The highest BCUT2D eigenvalue weighted by Gasteiger charge is 2.36. The number of carbonyl (C=O) groups is 1. The monoisotopic (exact) mass is 176 g/mol. The Hall–Kier alpha value is -1.31. The molecule has 1 fully saturated rings. The van der Waals surface area contributed by atoms with Crippen LogP contribution in [0.4, 0.5) is 0 Å². The van der Waals surface area contributed by atoms with E-state index in [9.17, 15) is 4.79 Å². The molecule has 1 aliphatic heterocycles. The first-order chi connectivity index (χ1) is 6.21. The van der Waals surface area contributed by atoms with Crippen LogP contribution in [0.25, 0.3) is 0 Å². The molecule has 2 heteroatoms. The van der Waals surface area contributed by atoms with Gasteiger partial charge in [0, 0.05) is 12.8 Å². The zero-order valence-corrected chi connectivity index (χ0v) is 7.62. The molecule has 2 rings (SSSR count). The van der Waals surface area contributed by atoms with E-state index < -0.39 is 5.60 Å². The Bertz CT molecular complexity index is 318. The highest BCUT2D eigenvalue weighted by molar-refractivity contribution is 5.72. The van der Waals surface area contributed by atoms with Gasteiger partial charge in [0.05, 0.1) is 0 Å². The summed E-state index contributed by atoms with van der Waals surface area (Å²) in [6.45, 7) is 1.97. The van der Waals surface area contributed by atoms with E-state index in [4.69, 9.17) is 4.74 Å². The van der Waals surface area contributed by atoms with Gasteiger partial charge in [0.1, 0.15) is 5.60 Å². The van der Waals surface area contributed by atoms with Gasteiger partial charge in [-0.15, -0.1) is 0 Å². The second-order valence-corrected chi connectivity index (χ2v) is 3.57. The molecule has 0 aliphatic carbocycles. The zero-order valence-electron chi connectivity index (χ0n) is 7.62. The van der Waals surface area contributed by atoms with Crippen molar-refractivity contribution < 1.29 is 9.53 Å². The minimum atomic E-state index is -0.391. The van der Waals surface area contributed by atoms with Crippen LogP contribution in [0.1, 0.15) is 25.3 Å². The second kappa shape index (κ2) is 2.87. The van der Waals surface area contributed by atoms with Gasteiger partial charge in [-0.25, -0.2) is 0 Å². The molecule has 0 amide bonds. The molecule has 0 unspecified atom stereocenters. The molecule has 0 bridgehead atoms. The molecule has 1 saturated heterocycles. The standard InChI is InChI=1S/C11H12O2/c1-11(8-7-10(12)13-11)9-5-3-2-4-6-9/h2-6H,7-8H2,1H3/t11-/m1/s1. The SMILES string of the molecule is C[C@]1(c2ccccc2)CCC(=O)O1. The average Bonchev–Trinajstić information content (AvgIpc) is 2.49. The van der Waals surface area contributed by atoms with Gasteiger partial charge in [-0.05, 0) is 12.5 Å². The summed E-state index contributed by atoms with van der Waals surface area (Å²) < 4.78 is 5.30. The minimum Gasteiger partial charge on any atom is -0.454 e. The highest BCUT2D eigenvalue weighted by atomic mass is 16.6. The molecule has 1 aromatic carbocycles. The molecule has 0 saturated carbocycles. The Morgan fingerprint density at radius 2 is 2.00 bits per heavy atom. The Morgan fingerprint density at radius 3 is 2.54 bits per heavy atom. The van der Waals surface area contributed by atoms with E-state index in [1.165, 1.54) is 0 Å². The molecule has 1 aliphatic rings. The molecular formula is C11H12O2. The van der Waals surface area contributed by atoms with Crippen LogP contribution >= 0.6 is 0 Å². The lowest BCUT2D eigenvalue weighted by atomic mass is 9.93. The normalized spacial score (nSPS) is 27.3. The molecule has 68 valence electrons. The quantitative estimate of drug-likeness (QED) is 0.613. The lowest BCUT2D eigenvalue weighted by molar-refractivity contribution is -0.147. The maximum absolute atomic E-state index is 11.0. The number of esters is 1. The number of benzene rings is 1. The molecule has 1 atom stereocenters. The van der Waals surface area contributed by atoms with Crippen LogP contribution in [0.15, 0.2) is 30.3 Å². The van der Waals surface area contributed by atoms with Crippen molar-refractivity contribution in [3.05, 3.63) is 35.9 Å². The maximum Gasteiger partial charge on any atom is 0.306 e. The van der Waals surface area contributed by atoms with E-state index in [0.29, 0.717) is 6.42 Å². The molecule has 13 heavy (non-hydrogen) atoms. The Morgan fingerprint density at radius 1 is 1.31 bits per heavy atom. The molecular weight excluding hydrogens is 164 g/mol. The fourth-order valence-corrected chi connectivity index (χ4v) is 1.69. The van der Waals surface area contributed by atoms with E-state index in [1.807, 2.05) is 37.3 Å². The van der Waals surface area contributed by atoms with Crippen LogP contribution in [-0.2, 0) is 15.1 Å². The van der Waals surface area contributed by atoms with E-state index >= 15 is 0 Å². The molecule has 2 nitrogen and oxygen atoms in total. The van der Waals surface area contributed by atoms with Crippen LogP contribution in [0, 0.1) is 0 Å². The van der Waals surface area contributed by atoms with E-state index in [0.717, 1.165) is 12.0 Å². The van der Waals surface area contributed by atoms with E-state index in [1.54, 1.807) is 0 Å². The summed E-state index contributed by atoms with van der Waals surface area (Å²) in [6.07, 6.45) is 1.32. The average molecular weight is 176 g/mol. The van der Waals surface area contributed by atoms with Crippen molar-refractivity contribution >= 4 is 5.97 Å². The third-order valence-electron chi connectivity index (χ3n) is 2.53. The molecule has 0 radical (unpaired) electrons. The zero-order chi connectivity index (χ0) is 9.31. The third kappa shape index (κ3) is 1.44. The van der Waals surface area contributed by atoms with Crippen molar-refractivity contribution in [2.75, 3.05) is 0 Å². The minimum absolute atomic E-state index is 0.0913. The van der Waals surface area contributed by atoms with Gasteiger partial charge in [-0.1, -0.05) is 30.3 Å². The van der Waals surface area contributed by atoms with Crippen molar-refractivity contribution in [3.63, 3.8) is 0 Å². The summed E-state index contributed by atoms with van der Waals surface area (Å²) in [5.41, 5.74) is 0.694. The van der Waals surface area contributed by atoms with E-state index in [-0.39, 0.29) is 5.97 Å². The van der Waals surface area contributed by atoms with Crippen LogP contribution in [0.3, 0.4) is 0 Å². The van der Waals surface area contributed by atoms with Gasteiger partial charge in [0.25, 0.3) is 0 Å². The summed E-state index contributed by atoms with van der Waals surface area (Å²) >= 11 is 0. The van der Waals surface area contributed by atoms with Gasteiger partial charge in [0.15, 0.2) is 0 Å². The molecule has 1 aromatic rings. The van der Waals surface area contributed by atoms with Gasteiger partial charge in [-0.2, -0.15) is 0 Å². The van der Waals surface area contributed by atoms with Crippen molar-refractivity contribution in [1.29, 1.82) is 0 Å². The number of cyclic esters (lactones) is 1. The highest BCUT2D eigenvalue weighted by Crippen LogP contribution is 2.35. The maximum atomic E-state index is 11.0. The summed E-state index contributed by atoms with van der Waals surface area (Å²) in [5, 5.41) is 0. The van der Waals surface area contributed by atoms with Crippen molar-refractivity contribution in [2.45, 2.75) is 25.4 Å². The lowest BCUT2D eigenvalue weighted by Crippen LogP contribution is -2.20. The van der Waals surface area contributed by atoms with Gasteiger partial charge in [-0.3, -0.25) is 4.79 Å². The van der Waals surface area contributed by atoms with Crippen molar-refractivity contribution in [2.24, 2.45) is 0 Å². The van der Waals surface area contributed by atoms with Gasteiger partial charge in [0.2, 0.25) is 0 Å². The predicted molar refractivity (Wildman–Crippen MR) is 49.1 cm³/mol. The number of ether oxygens (including phenoxy) is 1. The van der Waals surface area contributed by atoms with Gasteiger partial charge < -0.3 is 4.74 Å². The number of rotatable bonds is 1. The molecule has 0 aromatic heterocycles. The van der Waals surface area contributed by atoms with Crippen LogP contribution < -0.4 is 0 Å². The number of carbonyl (C=O) groups excluding carboxylic acids is 1. The van der Waals surface area contributed by atoms with Crippen LogP contribution in [0.5, 0.6) is 0 Å². The predicted octanol–water partition coefficient (Wildman–Crippen LogP) is 2.24. The van der Waals surface area contributed by atoms with Crippen molar-refractivity contribution in [1.82, 2.24) is 0 Å². The molecule has 0 N–H and O–H groups in total. The fraction of sp³-hybridized carbons (Fsp3) is 0.364. The fourth-order valence-electron chi connectivity index (χ4n) is 1.69. The Kier molecular flexibility index (Phi) is 1.83. The summed E-state index contributed by atoms with van der Waals surface area (Å²) in [6, 6.07) is 9.89. The van der Waals surface area contributed by atoms with E-state index in [2.05, 4.69) is 0 Å². The topological polar surface area (TPSA) is 26.3 Å². The summed E-state index contributed by atoms with van der Waals surface area (Å²) in [7, 11) is 0. The second-order valence-electron chi connectivity index (χ2n) is 3.57. The number of hydrogen-bond donors (Lipinski definition) is 0.